The van der Waals surface area contributed by atoms with Gasteiger partial charge in [0.25, 0.3) is 11.8 Å². The summed E-state index contributed by atoms with van der Waals surface area (Å²) < 4.78 is 11.4. The molecule has 2 amide bonds. The Kier molecular flexibility index (Phi) is 4.35. The molecule has 0 bridgehead atoms. The zero-order valence-electron chi connectivity index (χ0n) is 14.1. The van der Waals surface area contributed by atoms with Gasteiger partial charge in [-0.25, -0.2) is 0 Å². The summed E-state index contributed by atoms with van der Waals surface area (Å²) in [5.74, 6) is 0.791. The molecule has 1 aliphatic carbocycles. The molecule has 7 heteroatoms. The average Bonchev–Trinajstić information content (AvgIpc) is 3.32. The van der Waals surface area contributed by atoms with Crippen molar-refractivity contribution in [2.45, 2.75) is 25.7 Å². The third kappa shape index (κ3) is 3.28. The van der Waals surface area contributed by atoms with Crippen molar-refractivity contribution in [2.75, 3.05) is 6.61 Å². The summed E-state index contributed by atoms with van der Waals surface area (Å²) in [5, 5.41) is 1.05. The number of furan rings is 1. The summed E-state index contributed by atoms with van der Waals surface area (Å²) in [6, 6.07) is 8.87. The maximum Gasteiger partial charge on any atom is 0.286 e. The Hall–Kier alpha value is -3.22. The highest BCUT2D eigenvalue weighted by molar-refractivity contribution is 5.93. The lowest BCUT2D eigenvalue weighted by Crippen LogP contribution is -2.43. The number of hydrazine groups is 1. The number of H-pyrrole nitrogens is 1. The molecular weight excluding hydrogens is 334 g/mol. The summed E-state index contributed by atoms with van der Waals surface area (Å²) >= 11 is 0. The zero-order valence-corrected chi connectivity index (χ0v) is 14.1. The van der Waals surface area contributed by atoms with Crippen LogP contribution in [0.5, 0.6) is 5.75 Å². The van der Waals surface area contributed by atoms with Crippen LogP contribution in [0, 0.1) is 0 Å². The van der Waals surface area contributed by atoms with Crippen LogP contribution >= 0.6 is 0 Å². The van der Waals surface area contributed by atoms with Gasteiger partial charge >= 0.3 is 0 Å². The van der Waals surface area contributed by atoms with E-state index in [9.17, 15) is 9.59 Å². The van der Waals surface area contributed by atoms with E-state index in [1.807, 2.05) is 12.1 Å². The van der Waals surface area contributed by atoms with E-state index in [-0.39, 0.29) is 6.61 Å². The number of benzene rings is 1. The predicted octanol–water partition coefficient (Wildman–Crippen LogP) is 2.48. The van der Waals surface area contributed by atoms with Gasteiger partial charge in [-0.2, -0.15) is 0 Å². The summed E-state index contributed by atoms with van der Waals surface area (Å²) in [4.78, 5) is 26.3. The van der Waals surface area contributed by atoms with Crippen LogP contribution in [0.15, 0.2) is 40.9 Å². The fourth-order valence-electron chi connectivity index (χ4n) is 3.18. The minimum absolute atomic E-state index is 0.198. The van der Waals surface area contributed by atoms with E-state index in [0.29, 0.717) is 11.4 Å². The van der Waals surface area contributed by atoms with Crippen molar-refractivity contribution >= 4 is 22.8 Å². The highest BCUT2D eigenvalue weighted by Crippen LogP contribution is 2.33. The Balaban J connectivity index is 1.35. The number of ether oxygens (including phenoxy) is 1. The predicted molar refractivity (Wildman–Crippen MR) is 94.8 cm³/mol. The monoisotopic (exact) mass is 353 g/mol. The molecule has 26 heavy (non-hydrogen) atoms. The van der Waals surface area contributed by atoms with Crippen LogP contribution < -0.4 is 15.6 Å². The number of carbonyl (C=O) groups is 2. The number of nitrogens with one attached hydrogen (secondary N) is 3. The van der Waals surface area contributed by atoms with Crippen molar-refractivity contribution in [1.29, 1.82) is 0 Å². The molecule has 0 spiro atoms. The molecule has 134 valence electrons. The van der Waals surface area contributed by atoms with Crippen LogP contribution in [0.4, 0.5) is 0 Å². The van der Waals surface area contributed by atoms with E-state index in [0.717, 1.165) is 42.4 Å². The Labute approximate surface area is 149 Å². The van der Waals surface area contributed by atoms with Gasteiger partial charge in [-0.3, -0.25) is 20.4 Å². The number of aromatic nitrogens is 1. The minimum atomic E-state index is -0.445. The summed E-state index contributed by atoms with van der Waals surface area (Å²) in [6.45, 7) is -0.198. The number of hydrogen-bond donors (Lipinski definition) is 3. The minimum Gasteiger partial charge on any atom is -0.484 e. The first-order chi connectivity index (χ1) is 12.7. The van der Waals surface area contributed by atoms with Crippen molar-refractivity contribution in [3.63, 3.8) is 0 Å². The quantitative estimate of drug-likeness (QED) is 0.628. The number of aromatic amines is 1. The number of rotatable bonds is 4. The Morgan fingerprint density at radius 1 is 1.15 bits per heavy atom. The Bertz CT molecular complexity index is 943. The molecule has 3 aromatic rings. The van der Waals surface area contributed by atoms with Crippen LogP contribution in [0.2, 0.25) is 0 Å². The second kappa shape index (κ2) is 6.95. The molecule has 2 aromatic heterocycles. The second-order valence-electron chi connectivity index (χ2n) is 6.24. The molecule has 0 aliphatic heterocycles. The first kappa shape index (κ1) is 16.3. The van der Waals surface area contributed by atoms with E-state index < -0.39 is 11.8 Å². The van der Waals surface area contributed by atoms with Crippen LogP contribution in [0.25, 0.3) is 11.0 Å². The van der Waals surface area contributed by atoms with Crippen molar-refractivity contribution < 1.29 is 18.7 Å². The van der Waals surface area contributed by atoms with E-state index in [1.54, 1.807) is 24.4 Å². The topological polar surface area (TPSA) is 96.4 Å². The van der Waals surface area contributed by atoms with Gasteiger partial charge in [-0.15, -0.1) is 0 Å². The Morgan fingerprint density at radius 2 is 2.04 bits per heavy atom. The number of fused-ring (bicyclic) bond motifs is 3. The standard InChI is InChI=1S/C19H19N3O4/c23-18(21-22-19(24)15-5-3-9-20-15)11-25-12-7-8-17-14(10-12)13-4-1-2-6-16(13)26-17/h3,5,7-10,20H,1-2,4,6,11H2,(H,21,23)(H,22,24). The molecule has 0 fully saturated rings. The molecule has 1 aliphatic rings. The number of hydrogen-bond acceptors (Lipinski definition) is 4. The van der Waals surface area contributed by atoms with E-state index >= 15 is 0 Å². The van der Waals surface area contributed by atoms with E-state index in [1.165, 1.54) is 5.56 Å². The molecule has 4 rings (SSSR count). The molecular formula is C19H19N3O4. The largest absolute Gasteiger partial charge is 0.484 e. The molecule has 0 radical (unpaired) electrons. The first-order valence-electron chi connectivity index (χ1n) is 8.60. The van der Waals surface area contributed by atoms with Crippen molar-refractivity contribution in [3.8, 4) is 5.75 Å². The van der Waals surface area contributed by atoms with Crippen molar-refractivity contribution in [3.05, 3.63) is 53.5 Å². The maximum atomic E-state index is 11.9. The van der Waals surface area contributed by atoms with Crippen LogP contribution in [0.3, 0.4) is 0 Å². The summed E-state index contributed by atoms with van der Waals surface area (Å²) in [5.41, 5.74) is 7.11. The van der Waals surface area contributed by atoms with Crippen LogP contribution in [-0.4, -0.2) is 23.4 Å². The van der Waals surface area contributed by atoms with Gasteiger partial charge in [0, 0.05) is 23.6 Å². The van der Waals surface area contributed by atoms with Gasteiger partial charge in [-0.1, -0.05) is 0 Å². The normalized spacial score (nSPS) is 13.2. The lowest BCUT2D eigenvalue weighted by atomic mass is 9.96. The van der Waals surface area contributed by atoms with Gasteiger partial charge in [-0.05, 0) is 49.6 Å². The second-order valence-corrected chi connectivity index (χ2v) is 6.24. The van der Waals surface area contributed by atoms with Gasteiger partial charge in [0.15, 0.2) is 6.61 Å². The fourth-order valence-corrected chi connectivity index (χ4v) is 3.18. The van der Waals surface area contributed by atoms with Gasteiger partial charge in [0.1, 0.15) is 22.8 Å². The SMILES string of the molecule is O=C(COc1ccc2oc3c(c2c1)CCCC3)NNC(=O)c1ccc[nH]1. The van der Waals surface area contributed by atoms with Crippen molar-refractivity contribution in [1.82, 2.24) is 15.8 Å². The highest BCUT2D eigenvalue weighted by atomic mass is 16.5. The summed E-state index contributed by atoms with van der Waals surface area (Å²) in [7, 11) is 0. The molecule has 0 unspecified atom stereocenters. The van der Waals surface area contributed by atoms with Crippen LogP contribution in [0.1, 0.15) is 34.7 Å². The molecule has 0 atom stereocenters. The molecule has 1 aromatic carbocycles. The third-order valence-corrected chi connectivity index (χ3v) is 4.45. The van der Waals surface area contributed by atoms with E-state index in [2.05, 4.69) is 15.8 Å². The molecule has 3 N–H and O–H groups in total. The van der Waals surface area contributed by atoms with Gasteiger partial charge in [0.2, 0.25) is 0 Å². The number of amides is 2. The number of carbonyl (C=O) groups excluding carboxylic acids is 2. The maximum absolute atomic E-state index is 11.9. The average molecular weight is 353 g/mol. The smallest absolute Gasteiger partial charge is 0.286 e. The molecule has 7 nitrogen and oxygen atoms in total. The third-order valence-electron chi connectivity index (χ3n) is 4.45. The lowest BCUT2D eigenvalue weighted by Gasteiger charge is -2.10. The Morgan fingerprint density at radius 3 is 2.88 bits per heavy atom. The van der Waals surface area contributed by atoms with E-state index in [4.69, 9.17) is 9.15 Å². The van der Waals surface area contributed by atoms with Gasteiger partial charge < -0.3 is 14.1 Å². The van der Waals surface area contributed by atoms with Crippen molar-refractivity contribution in [2.24, 2.45) is 0 Å². The number of aryl methyl sites for hydroxylation is 2. The summed E-state index contributed by atoms with van der Waals surface area (Å²) in [6.07, 6.45) is 5.94. The molecule has 2 heterocycles. The fraction of sp³-hybridized carbons (Fsp3) is 0.263. The van der Waals surface area contributed by atoms with Crippen LogP contribution in [-0.2, 0) is 17.6 Å². The molecule has 0 saturated heterocycles. The first-order valence-corrected chi connectivity index (χ1v) is 8.60. The molecule has 0 saturated carbocycles. The highest BCUT2D eigenvalue weighted by Gasteiger charge is 2.18. The van der Waals surface area contributed by atoms with Gasteiger partial charge in [0.05, 0.1) is 0 Å². The lowest BCUT2D eigenvalue weighted by molar-refractivity contribution is -0.123. The zero-order chi connectivity index (χ0) is 17.9.